The minimum absolute atomic E-state index is 0.232. The molecule has 1 amide bonds. The lowest BCUT2D eigenvalue weighted by atomic mass is 10.1. The lowest BCUT2D eigenvalue weighted by Gasteiger charge is -2.13. The zero-order chi connectivity index (χ0) is 19.8. The van der Waals surface area contributed by atoms with Crippen molar-refractivity contribution >= 4 is 40.5 Å². The van der Waals surface area contributed by atoms with Crippen molar-refractivity contribution in [2.45, 2.75) is 13.3 Å². The Hall–Kier alpha value is -2.55. The van der Waals surface area contributed by atoms with Crippen LogP contribution in [-0.2, 0) is 4.79 Å². The molecule has 0 heterocycles. The van der Waals surface area contributed by atoms with E-state index in [0.29, 0.717) is 29.2 Å². The number of carbonyl (C=O) groups excluding carboxylic acids is 1. The molecule has 6 nitrogen and oxygen atoms in total. The fourth-order valence-corrected chi connectivity index (χ4v) is 3.05. The average molecular weight is 481 g/mol. The number of carboxylic acid groups (broad SMARTS) is 1. The quantitative estimate of drug-likeness (QED) is 0.441. The van der Waals surface area contributed by atoms with E-state index in [2.05, 4.69) is 27.9 Å². The summed E-state index contributed by atoms with van der Waals surface area (Å²) in [7, 11) is 1.52. The summed E-state index contributed by atoms with van der Waals surface area (Å²) >= 11 is 2.10. The van der Waals surface area contributed by atoms with Gasteiger partial charge in [0.25, 0.3) is 5.91 Å². The van der Waals surface area contributed by atoms with Gasteiger partial charge in [0.1, 0.15) is 5.70 Å². The number of carbonyl (C=O) groups is 2. The van der Waals surface area contributed by atoms with Crippen LogP contribution in [0.3, 0.4) is 0 Å². The Morgan fingerprint density at radius 3 is 2.52 bits per heavy atom. The van der Waals surface area contributed by atoms with Gasteiger partial charge in [0.05, 0.1) is 17.3 Å². The van der Waals surface area contributed by atoms with Crippen LogP contribution in [0.15, 0.2) is 48.2 Å². The molecular formula is C20H20INO5. The molecule has 27 heavy (non-hydrogen) atoms. The van der Waals surface area contributed by atoms with Crippen LogP contribution in [0.5, 0.6) is 11.5 Å². The fraction of sp³-hybridized carbons (Fsp3) is 0.200. The first-order valence-corrected chi connectivity index (χ1v) is 9.35. The van der Waals surface area contributed by atoms with Gasteiger partial charge in [-0.2, -0.15) is 0 Å². The zero-order valence-electron chi connectivity index (χ0n) is 15.0. The summed E-state index contributed by atoms with van der Waals surface area (Å²) in [6, 6.07) is 11.9. The Balaban J connectivity index is 2.33. The van der Waals surface area contributed by atoms with Gasteiger partial charge < -0.3 is 19.9 Å². The molecule has 0 aliphatic heterocycles. The number of amides is 1. The van der Waals surface area contributed by atoms with E-state index in [1.54, 1.807) is 42.5 Å². The van der Waals surface area contributed by atoms with Crippen molar-refractivity contribution in [3.63, 3.8) is 0 Å². The van der Waals surface area contributed by atoms with Crippen LogP contribution in [0.25, 0.3) is 6.08 Å². The van der Waals surface area contributed by atoms with Crippen molar-refractivity contribution < 1.29 is 24.2 Å². The number of aliphatic carboxylic acids is 1. The van der Waals surface area contributed by atoms with E-state index in [1.807, 2.05) is 6.92 Å². The first kappa shape index (κ1) is 20.8. The van der Waals surface area contributed by atoms with Gasteiger partial charge in [-0.15, -0.1) is 0 Å². The number of hydrogen-bond donors (Lipinski definition) is 2. The highest BCUT2D eigenvalue weighted by molar-refractivity contribution is 14.1. The van der Waals surface area contributed by atoms with Crippen LogP contribution >= 0.6 is 22.6 Å². The monoisotopic (exact) mass is 481 g/mol. The third-order valence-electron chi connectivity index (χ3n) is 3.53. The van der Waals surface area contributed by atoms with Crippen LogP contribution < -0.4 is 14.8 Å². The maximum Gasteiger partial charge on any atom is 0.352 e. The number of methoxy groups -OCH3 is 1. The van der Waals surface area contributed by atoms with Crippen LogP contribution in [-0.4, -0.2) is 30.7 Å². The maximum atomic E-state index is 12.3. The van der Waals surface area contributed by atoms with Gasteiger partial charge in [0.15, 0.2) is 11.5 Å². The molecular weight excluding hydrogens is 461 g/mol. The maximum absolute atomic E-state index is 12.3. The normalized spacial score (nSPS) is 11.0. The van der Waals surface area contributed by atoms with E-state index in [0.717, 1.165) is 9.99 Å². The van der Waals surface area contributed by atoms with Crippen LogP contribution in [0.2, 0.25) is 0 Å². The van der Waals surface area contributed by atoms with Crippen molar-refractivity contribution in [2.75, 3.05) is 13.7 Å². The lowest BCUT2D eigenvalue weighted by Crippen LogP contribution is -2.27. The summed E-state index contributed by atoms with van der Waals surface area (Å²) in [6.07, 6.45) is 2.24. The molecule has 0 atom stereocenters. The Bertz CT molecular complexity index is 849. The van der Waals surface area contributed by atoms with E-state index in [1.165, 1.54) is 13.2 Å². The van der Waals surface area contributed by atoms with Crippen LogP contribution in [0, 0.1) is 3.57 Å². The summed E-state index contributed by atoms with van der Waals surface area (Å²) < 4.78 is 11.8. The molecule has 0 unspecified atom stereocenters. The molecule has 2 rings (SSSR count). The lowest BCUT2D eigenvalue weighted by molar-refractivity contribution is -0.132. The number of ether oxygens (including phenoxy) is 2. The minimum Gasteiger partial charge on any atom is -0.493 e. The number of nitrogens with one attached hydrogen (secondary N) is 1. The smallest absolute Gasteiger partial charge is 0.352 e. The van der Waals surface area contributed by atoms with Gasteiger partial charge in [-0.25, -0.2) is 4.79 Å². The number of benzene rings is 2. The summed E-state index contributed by atoms with van der Waals surface area (Å²) in [5.74, 6) is -0.614. The van der Waals surface area contributed by atoms with E-state index in [-0.39, 0.29) is 5.70 Å². The van der Waals surface area contributed by atoms with Crippen LogP contribution in [0.4, 0.5) is 0 Å². The largest absolute Gasteiger partial charge is 0.493 e. The highest BCUT2D eigenvalue weighted by Crippen LogP contribution is 2.34. The highest BCUT2D eigenvalue weighted by atomic mass is 127. The molecule has 0 saturated carbocycles. The topological polar surface area (TPSA) is 84.9 Å². The van der Waals surface area contributed by atoms with Gasteiger partial charge in [0.2, 0.25) is 0 Å². The van der Waals surface area contributed by atoms with Gasteiger partial charge in [-0.05, 0) is 64.9 Å². The van der Waals surface area contributed by atoms with Crippen molar-refractivity contribution in [1.82, 2.24) is 5.32 Å². The molecule has 142 valence electrons. The molecule has 0 radical (unpaired) electrons. The number of carboxylic acids is 1. The average Bonchev–Trinajstić information content (AvgIpc) is 2.66. The Kier molecular flexibility index (Phi) is 7.66. The molecule has 0 bridgehead atoms. The van der Waals surface area contributed by atoms with Gasteiger partial charge in [-0.3, -0.25) is 4.79 Å². The van der Waals surface area contributed by atoms with E-state index in [4.69, 9.17) is 9.47 Å². The van der Waals surface area contributed by atoms with Gasteiger partial charge in [0, 0.05) is 5.56 Å². The zero-order valence-corrected chi connectivity index (χ0v) is 17.1. The van der Waals surface area contributed by atoms with Crippen LogP contribution in [0.1, 0.15) is 29.3 Å². The Morgan fingerprint density at radius 1 is 1.22 bits per heavy atom. The summed E-state index contributed by atoms with van der Waals surface area (Å²) in [5, 5.41) is 11.9. The molecule has 2 aromatic carbocycles. The van der Waals surface area contributed by atoms with Crippen molar-refractivity contribution in [2.24, 2.45) is 0 Å². The molecule has 0 aliphatic carbocycles. The summed E-state index contributed by atoms with van der Waals surface area (Å²) in [6.45, 7) is 2.56. The third-order valence-corrected chi connectivity index (χ3v) is 4.33. The van der Waals surface area contributed by atoms with E-state index in [9.17, 15) is 14.7 Å². The predicted molar refractivity (Wildman–Crippen MR) is 111 cm³/mol. The standard InChI is InChI=1S/C20H20INO5/c1-3-9-27-18-15(21)10-13(12-17(18)26-2)11-16(20(24)25)22-19(23)14-7-5-4-6-8-14/h4-8,10-12H,3,9H2,1-2H3,(H,22,23)(H,24,25). The fourth-order valence-electron chi connectivity index (χ4n) is 2.27. The molecule has 0 spiro atoms. The van der Waals surface area contributed by atoms with E-state index < -0.39 is 11.9 Å². The molecule has 2 aromatic rings. The number of halogens is 1. The van der Waals surface area contributed by atoms with E-state index >= 15 is 0 Å². The molecule has 0 aliphatic rings. The van der Waals surface area contributed by atoms with Gasteiger partial charge >= 0.3 is 5.97 Å². The first-order valence-electron chi connectivity index (χ1n) is 8.28. The molecule has 0 fully saturated rings. The highest BCUT2D eigenvalue weighted by Gasteiger charge is 2.15. The Morgan fingerprint density at radius 2 is 1.93 bits per heavy atom. The molecule has 0 saturated heterocycles. The minimum atomic E-state index is -1.24. The molecule has 0 aromatic heterocycles. The third kappa shape index (κ3) is 5.72. The predicted octanol–water partition coefficient (Wildman–Crippen LogP) is 3.94. The Labute approximate surface area is 171 Å². The van der Waals surface area contributed by atoms with Crippen molar-refractivity contribution in [3.8, 4) is 11.5 Å². The SMILES string of the molecule is CCCOc1c(I)cc(C=C(NC(=O)c2ccccc2)C(=O)O)cc1OC. The summed E-state index contributed by atoms with van der Waals surface area (Å²) in [4.78, 5) is 23.8. The van der Waals surface area contributed by atoms with Gasteiger partial charge in [-0.1, -0.05) is 25.1 Å². The number of rotatable bonds is 8. The second-order valence-corrected chi connectivity index (χ2v) is 6.73. The first-order chi connectivity index (χ1) is 13.0. The molecule has 7 heteroatoms. The number of hydrogen-bond acceptors (Lipinski definition) is 4. The molecule has 2 N–H and O–H groups in total. The summed E-state index contributed by atoms with van der Waals surface area (Å²) in [5.41, 5.74) is 0.718. The second-order valence-electron chi connectivity index (χ2n) is 5.57. The second kappa shape index (κ2) is 9.96. The van der Waals surface area contributed by atoms with Crippen molar-refractivity contribution in [3.05, 3.63) is 62.9 Å². The van der Waals surface area contributed by atoms with Crippen molar-refractivity contribution in [1.29, 1.82) is 0 Å².